The van der Waals surface area contributed by atoms with E-state index in [9.17, 15) is 0 Å². The summed E-state index contributed by atoms with van der Waals surface area (Å²) in [6.07, 6.45) is 3.96. The van der Waals surface area contributed by atoms with Gasteiger partial charge in [0.2, 0.25) is 0 Å². The van der Waals surface area contributed by atoms with Crippen LogP contribution in [0, 0.1) is 0 Å². The van der Waals surface area contributed by atoms with Crippen LogP contribution in [-0.4, -0.2) is 38.1 Å². The number of nitrogens with zero attached hydrogens (tertiary/aromatic N) is 3. The number of aryl methyl sites for hydroxylation is 1. The first kappa shape index (κ1) is 19.2. The second-order valence-electron chi connectivity index (χ2n) is 6.01. The van der Waals surface area contributed by atoms with Gasteiger partial charge < -0.3 is 15.5 Å². The summed E-state index contributed by atoms with van der Waals surface area (Å²) in [5.41, 5.74) is 2.41. The van der Waals surface area contributed by atoms with Crippen molar-refractivity contribution in [3.8, 4) is 0 Å². The monoisotopic (exact) mass is 359 g/mol. The molecule has 6 heteroatoms. The summed E-state index contributed by atoms with van der Waals surface area (Å²) in [7, 11) is 4.10. The predicted octanol–water partition coefficient (Wildman–Crippen LogP) is 3.07. The first-order valence-electron chi connectivity index (χ1n) is 8.84. The number of benzene rings is 1. The highest BCUT2D eigenvalue weighted by molar-refractivity contribution is 7.11. The molecule has 0 atom stereocenters. The van der Waals surface area contributed by atoms with Gasteiger partial charge in [0.25, 0.3) is 0 Å². The molecule has 136 valence electrons. The van der Waals surface area contributed by atoms with Gasteiger partial charge in [0.05, 0.1) is 11.6 Å². The Morgan fingerprint density at radius 1 is 1.16 bits per heavy atom. The van der Waals surface area contributed by atoms with Crippen molar-refractivity contribution < 1.29 is 0 Å². The van der Waals surface area contributed by atoms with Crippen molar-refractivity contribution in [2.75, 3.05) is 32.1 Å². The van der Waals surface area contributed by atoms with E-state index in [0.717, 1.165) is 31.9 Å². The van der Waals surface area contributed by atoms with E-state index < -0.39 is 0 Å². The Morgan fingerprint density at radius 2 is 1.92 bits per heavy atom. The fraction of sp³-hybridized carbons (Fsp3) is 0.474. The first-order valence-corrected chi connectivity index (χ1v) is 9.66. The minimum absolute atomic E-state index is 0.667. The Kier molecular flexibility index (Phi) is 7.73. The summed E-state index contributed by atoms with van der Waals surface area (Å²) in [5.74, 6) is 0.853. The van der Waals surface area contributed by atoms with Crippen molar-refractivity contribution in [1.29, 1.82) is 0 Å². The molecule has 5 nitrogen and oxygen atoms in total. The number of hydrogen-bond acceptors (Lipinski definition) is 4. The van der Waals surface area contributed by atoms with Crippen molar-refractivity contribution in [3.63, 3.8) is 0 Å². The Hall–Kier alpha value is -2.08. The molecule has 2 aromatic rings. The van der Waals surface area contributed by atoms with E-state index in [1.165, 1.54) is 21.1 Å². The first-order chi connectivity index (χ1) is 12.1. The van der Waals surface area contributed by atoms with Crippen LogP contribution in [0.2, 0.25) is 0 Å². The van der Waals surface area contributed by atoms with Gasteiger partial charge in [-0.2, -0.15) is 0 Å². The maximum Gasteiger partial charge on any atom is 0.191 e. The van der Waals surface area contributed by atoms with E-state index in [4.69, 9.17) is 0 Å². The number of aromatic nitrogens is 1. The van der Waals surface area contributed by atoms with Crippen LogP contribution in [0.3, 0.4) is 0 Å². The molecule has 0 spiro atoms. The lowest BCUT2D eigenvalue weighted by molar-refractivity contribution is 0.796. The topological polar surface area (TPSA) is 52.6 Å². The Morgan fingerprint density at radius 3 is 2.52 bits per heavy atom. The molecule has 0 radical (unpaired) electrons. The third kappa shape index (κ3) is 6.38. The molecule has 25 heavy (non-hydrogen) atoms. The van der Waals surface area contributed by atoms with Crippen molar-refractivity contribution in [2.45, 2.75) is 33.2 Å². The molecule has 0 amide bonds. The largest absolute Gasteiger partial charge is 0.378 e. The average molecular weight is 360 g/mol. The number of rotatable bonds is 8. The minimum atomic E-state index is 0.667. The Labute approximate surface area is 155 Å². The molecule has 2 rings (SSSR count). The zero-order valence-electron chi connectivity index (χ0n) is 15.7. The van der Waals surface area contributed by atoms with Crippen molar-refractivity contribution in [3.05, 3.63) is 45.9 Å². The number of thiazole rings is 1. The molecule has 0 fully saturated rings. The van der Waals surface area contributed by atoms with Crippen LogP contribution in [0.5, 0.6) is 0 Å². The van der Waals surface area contributed by atoms with E-state index in [0.29, 0.717) is 6.54 Å². The SMILES string of the molecule is CCNC(=NCc1ccc(N(C)C)cc1)NCCc1ncc(CC)s1. The molecule has 1 aromatic heterocycles. The summed E-state index contributed by atoms with van der Waals surface area (Å²) in [6, 6.07) is 8.51. The van der Waals surface area contributed by atoms with Gasteiger partial charge in [-0.1, -0.05) is 19.1 Å². The molecule has 1 aromatic carbocycles. The summed E-state index contributed by atoms with van der Waals surface area (Å²) >= 11 is 1.80. The molecular formula is C19H29N5S. The van der Waals surface area contributed by atoms with Crippen molar-refractivity contribution in [2.24, 2.45) is 4.99 Å². The molecule has 0 bridgehead atoms. The van der Waals surface area contributed by atoms with Gasteiger partial charge in [0.1, 0.15) is 0 Å². The van der Waals surface area contributed by atoms with Crippen LogP contribution in [0.15, 0.2) is 35.5 Å². The van der Waals surface area contributed by atoms with E-state index >= 15 is 0 Å². The molecular weight excluding hydrogens is 330 g/mol. The smallest absolute Gasteiger partial charge is 0.191 e. The van der Waals surface area contributed by atoms with Crippen LogP contribution < -0.4 is 15.5 Å². The molecule has 0 unspecified atom stereocenters. The standard InChI is InChI=1S/C19H29N5S/c1-5-17-14-22-18(25-17)11-12-21-19(20-6-2)23-13-15-7-9-16(10-8-15)24(3)4/h7-10,14H,5-6,11-13H2,1-4H3,(H2,20,21,23). The van der Waals surface area contributed by atoms with Crippen LogP contribution in [0.25, 0.3) is 0 Å². The number of nitrogens with one attached hydrogen (secondary N) is 2. The lowest BCUT2D eigenvalue weighted by Gasteiger charge is -2.13. The number of anilines is 1. The van der Waals surface area contributed by atoms with Gasteiger partial charge in [-0.3, -0.25) is 0 Å². The zero-order chi connectivity index (χ0) is 18.1. The summed E-state index contributed by atoms with van der Waals surface area (Å²) in [6.45, 7) is 6.60. The second kappa shape index (κ2) is 10.0. The average Bonchev–Trinajstić information content (AvgIpc) is 3.08. The predicted molar refractivity (Wildman–Crippen MR) is 109 cm³/mol. The Balaban J connectivity index is 1.86. The van der Waals surface area contributed by atoms with Crippen LogP contribution >= 0.6 is 11.3 Å². The number of guanidine groups is 1. The molecule has 0 saturated carbocycles. The van der Waals surface area contributed by atoms with Gasteiger partial charge >= 0.3 is 0 Å². The summed E-state index contributed by atoms with van der Waals surface area (Å²) in [5, 5.41) is 7.87. The van der Waals surface area contributed by atoms with Gasteiger partial charge in [0.15, 0.2) is 5.96 Å². The fourth-order valence-electron chi connectivity index (χ4n) is 2.33. The van der Waals surface area contributed by atoms with Crippen LogP contribution in [0.4, 0.5) is 5.69 Å². The summed E-state index contributed by atoms with van der Waals surface area (Å²) < 4.78 is 0. The van der Waals surface area contributed by atoms with E-state index in [1.807, 2.05) is 20.3 Å². The van der Waals surface area contributed by atoms with E-state index in [-0.39, 0.29) is 0 Å². The van der Waals surface area contributed by atoms with Crippen LogP contribution in [-0.2, 0) is 19.4 Å². The quantitative estimate of drug-likeness (QED) is 0.562. The maximum atomic E-state index is 4.67. The maximum absolute atomic E-state index is 4.67. The number of aliphatic imine (C=N–C) groups is 1. The van der Waals surface area contributed by atoms with Gasteiger partial charge in [-0.25, -0.2) is 9.98 Å². The van der Waals surface area contributed by atoms with Crippen LogP contribution in [0.1, 0.15) is 29.3 Å². The molecule has 0 saturated heterocycles. The molecule has 2 N–H and O–H groups in total. The van der Waals surface area contributed by atoms with Crippen molar-refractivity contribution >= 4 is 23.0 Å². The Bertz CT molecular complexity index is 661. The van der Waals surface area contributed by atoms with Gasteiger partial charge in [-0.05, 0) is 31.0 Å². The molecule has 0 aliphatic carbocycles. The van der Waals surface area contributed by atoms with E-state index in [2.05, 4.69) is 63.6 Å². The molecule has 1 heterocycles. The highest BCUT2D eigenvalue weighted by Gasteiger charge is 2.02. The lowest BCUT2D eigenvalue weighted by atomic mass is 10.2. The highest BCUT2D eigenvalue weighted by Crippen LogP contribution is 2.14. The third-order valence-electron chi connectivity index (χ3n) is 3.80. The highest BCUT2D eigenvalue weighted by atomic mass is 32.1. The lowest BCUT2D eigenvalue weighted by Crippen LogP contribution is -2.38. The molecule has 0 aliphatic rings. The second-order valence-corrected chi connectivity index (χ2v) is 7.21. The van der Waals surface area contributed by atoms with Gasteiger partial charge in [-0.15, -0.1) is 11.3 Å². The molecule has 0 aliphatic heterocycles. The summed E-state index contributed by atoms with van der Waals surface area (Å²) in [4.78, 5) is 12.6. The van der Waals surface area contributed by atoms with E-state index in [1.54, 1.807) is 11.3 Å². The normalized spacial score (nSPS) is 11.4. The van der Waals surface area contributed by atoms with Gasteiger partial charge in [0, 0.05) is 50.4 Å². The number of hydrogen-bond donors (Lipinski definition) is 2. The fourth-order valence-corrected chi connectivity index (χ4v) is 3.19. The zero-order valence-corrected chi connectivity index (χ0v) is 16.5. The third-order valence-corrected chi connectivity index (χ3v) is 5.00. The van der Waals surface area contributed by atoms with Crippen molar-refractivity contribution in [1.82, 2.24) is 15.6 Å². The minimum Gasteiger partial charge on any atom is -0.378 e.